The number of nitriles is 1. The second-order valence-corrected chi connectivity index (χ2v) is 3.39. The van der Waals surface area contributed by atoms with Crippen molar-refractivity contribution in [3.05, 3.63) is 47.5 Å². The van der Waals surface area contributed by atoms with Crippen molar-refractivity contribution in [2.24, 2.45) is 0 Å². The summed E-state index contributed by atoms with van der Waals surface area (Å²) in [7, 11) is 0. The molecule has 80 valence electrons. The molecular formula is C11H9FN4. The maximum Gasteiger partial charge on any atom is 0.129 e. The molecule has 1 aromatic heterocycles. The molecule has 2 aromatic rings. The highest BCUT2D eigenvalue weighted by molar-refractivity contribution is 5.34. The minimum absolute atomic E-state index is 0.300. The summed E-state index contributed by atoms with van der Waals surface area (Å²) >= 11 is 0. The minimum atomic E-state index is -0.409. The molecule has 0 atom stereocenters. The molecule has 1 heterocycles. The van der Waals surface area contributed by atoms with E-state index >= 15 is 0 Å². The van der Waals surface area contributed by atoms with Gasteiger partial charge in [0.1, 0.15) is 5.82 Å². The SMILES string of the molecule is N#Cc1ccc(Cn2cc(N)cn2)c(F)c1. The molecule has 0 saturated carbocycles. The van der Waals surface area contributed by atoms with E-state index in [1.54, 1.807) is 23.0 Å². The molecular weight excluding hydrogens is 207 g/mol. The average Bonchev–Trinajstić information content (AvgIpc) is 2.67. The van der Waals surface area contributed by atoms with Crippen LogP contribution in [0.5, 0.6) is 0 Å². The lowest BCUT2D eigenvalue weighted by Crippen LogP contribution is -2.02. The van der Waals surface area contributed by atoms with Crippen LogP contribution < -0.4 is 5.73 Å². The van der Waals surface area contributed by atoms with Crippen molar-refractivity contribution in [1.82, 2.24) is 9.78 Å². The van der Waals surface area contributed by atoms with Gasteiger partial charge in [0.15, 0.2) is 0 Å². The number of hydrogen-bond donors (Lipinski definition) is 1. The predicted molar refractivity (Wildman–Crippen MR) is 56.9 cm³/mol. The first-order valence-corrected chi connectivity index (χ1v) is 4.65. The van der Waals surface area contributed by atoms with Gasteiger partial charge in [0.2, 0.25) is 0 Å². The Kier molecular flexibility index (Phi) is 2.56. The van der Waals surface area contributed by atoms with Gasteiger partial charge < -0.3 is 5.73 Å². The average molecular weight is 216 g/mol. The maximum absolute atomic E-state index is 13.5. The Morgan fingerprint density at radius 3 is 2.88 bits per heavy atom. The summed E-state index contributed by atoms with van der Waals surface area (Å²) in [5.74, 6) is -0.409. The molecule has 2 rings (SSSR count). The molecule has 0 aliphatic heterocycles. The molecule has 0 spiro atoms. The molecule has 4 nitrogen and oxygen atoms in total. The number of aromatic nitrogens is 2. The van der Waals surface area contributed by atoms with Crippen LogP contribution in [0.1, 0.15) is 11.1 Å². The van der Waals surface area contributed by atoms with Gasteiger partial charge in [-0.1, -0.05) is 6.07 Å². The van der Waals surface area contributed by atoms with Crippen molar-refractivity contribution >= 4 is 5.69 Å². The highest BCUT2D eigenvalue weighted by Gasteiger charge is 2.05. The topological polar surface area (TPSA) is 67.6 Å². The Balaban J connectivity index is 2.26. The molecule has 2 N–H and O–H groups in total. The summed E-state index contributed by atoms with van der Waals surface area (Å²) in [6.45, 7) is 0.300. The van der Waals surface area contributed by atoms with Crippen LogP contribution >= 0.6 is 0 Å². The van der Waals surface area contributed by atoms with Crippen LogP contribution in [-0.2, 0) is 6.54 Å². The van der Waals surface area contributed by atoms with E-state index in [-0.39, 0.29) is 0 Å². The molecule has 0 bridgehead atoms. The van der Waals surface area contributed by atoms with Gasteiger partial charge in [-0.2, -0.15) is 10.4 Å². The lowest BCUT2D eigenvalue weighted by molar-refractivity contribution is 0.585. The summed E-state index contributed by atoms with van der Waals surface area (Å²) < 4.78 is 15.0. The predicted octanol–water partition coefficient (Wildman–Crippen LogP) is 1.52. The number of rotatable bonds is 2. The second-order valence-electron chi connectivity index (χ2n) is 3.39. The number of nitrogen functional groups attached to an aromatic ring is 1. The Morgan fingerprint density at radius 2 is 2.31 bits per heavy atom. The van der Waals surface area contributed by atoms with Crippen molar-refractivity contribution in [3.8, 4) is 6.07 Å². The van der Waals surface area contributed by atoms with Gasteiger partial charge in [-0.05, 0) is 12.1 Å². The van der Waals surface area contributed by atoms with Gasteiger partial charge in [-0.3, -0.25) is 4.68 Å². The Hall–Kier alpha value is -2.35. The summed E-state index contributed by atoms with van der Waals surface area (Å²) in [4.78, 5) is 0. The number of hydrogen-bond acceptors (Lipinski definition) is 3. The van der Waals surface area contributed by atoms with Crippen LogP contribution in [0.2, 0.25) is 0 Å². The largest absolute Gasteiger partial charge is 0.396 e. The first-order chi connectivity index (χ1) is 7.69. The lowest BCUT2D eigenvalue weighted by Gasteiger charge is -2.03. The highest BCUT2D eigenvalue weighted by atomic mass is 19.1. The number of nitrogens with two attached hydrogens (primary N) is 1. The standard InChI is InChI=1S/C11H9FN4/c12-11-3-8(4-13)1-2-9(11)6-16-7-10(14)5-15-16/h1-3,5,7H,6,14H2. The zero-order valence-electron chi connectivity index (χ0n) is 8.39. The van der Waals surface area contributed by atoms with Gasteiger partial charge in [0.25, 0.3) is 0 Å². The van der Waals surface area contributed by atoms with Gasteiger partial charge in [0, 0.05) is 11.8 Å². The fourth-order valence-electron chi connectivity index (χ4n) is 1.39. The summed E-state index contributed by atoms with van der Waals surface area (Å²) in [5, 5.41) is 12.5. The lowest BCUT2D eigenvalue weighted by atomic mass is 10.1. The molecule has 1 aromatic carbocycles. The van der Waals surface area contributed by atoms with Crippen molar-refractivity contribution in [3.63, 3.8) is 0 Å². The van der Waals surface area contributed by atoms with Crippen LogP contribution in [-0.4, -0.2) is 9.78 Å². The highest BCUT2D eigenvalue weighted by Crippen LogP contribution is 2.12. The normalized spacial score (nSPS) is 10.0. The van der Waals surface area contributed by atoms with E-state index < -0.39 is 5.82 Å². The van der Waals surface area contributed by atoms with E-state index in [0.717, 1.165) is 0 Å². The molecule has 0 aliphatic rings. The number of benzene rings is 1. The van der Waals surface area contributed by atoms with Gasteiger partial charge in [-0.15, -0.1) is 0 Å². The molecule has 0 amide bonds. The number of halogens is 1. The second kappa shape index (κ2) is 4.03. The van der Waals surface area contributed by atoms with Crippen molar-refractivity contribution in [2.45, 2.75) is 6.54 Å². The zero-order valence-corrected chi connectivity index (χ0v) is 8.39. The molecule has 16 heavy (non-hydrogen) atoms. The quantitative estimate of drug-likeness (QED) is 0.827. The Labute approximate surface area is 91.7 Å². The van der Waals surface area contributed by atoms with Crippen LogP contribution in [0.3, 0.4) is 0 Å². The summed E-state index contributed by atoms with van der Waals surface area (Å²) in [6.07, 6.45) is 3.12. The first kappa shape index (κ1) is 10.2. The van der Waals surface area contributed by atoms with Crippen molar-refractivity contribution < 1.29 is 4.39 Å². The molecule has 0 unspecified atom stereocenters. The monoisotopic (exact) mass is 216 g/mol. The van der Waals surface area contributed by atoms with Gasteiger partial charge >= 0.3 is 0 Å². The Morgan fingerprint density at radius 1 is 1.50 bits per heavy atom. The molecule has 0 radical (unpaired) electrons. The fraction of sp³-hybridized carbons (Fsp3) is 0.0909. The third kappa shape index (κ3) is 2.01. The van der Waals surface area contributed by atoms with Crippen LogP contribution in [0.15, 0.2) is 30.6 Å². The van der Waals surface area contributed by atoms with Gasteiger partial charge in [-0.25, -0.2) is 4.39 Å². The molecule has 5 heteroatoms. The Bertz CT molecular complexity index is 553. The van der Waals surface area contributed by atoms with E-state index in [1.165, 1.54) is 12.3 Å². The van der Waals surface area contributed by atoms with Crippen LogP contribution in [0.25, 0.3) is 0 Å². The van der Waals surface area contributed by atoms with Crippen molar-refractivity contribution in [1.29, 1.82) is 5.26 Å². The molecule has 0 fully saturated rings. The summed E-state index contributed by atoms with van der Waals surface area (Å²) in [6, 6.07) is 6.24. The van der Waals surface area contributed by atoms with E-state index in [1.807, 2.05) is 6.07 Å². The van der Waals surface area contributed by atoms with E-state index in [4.69, 9.17) is 11.0 Å². The van der Waals surface area contributed by atoms with Gasteiger partial charge in [0.05, 0.1) is 30.1 Å². The van der Waals surface area contributed by atoms with E-state index in [0.29, 0.717) is 23.4 Å². The molecule has 0 saturated heterocycles. The maximum atomic E-state index is 13.5. The summed E-state index contributed by atoms with van der Waals surface area (Å²) in [5.41, 5.74) is 6.81. The minimum Gasteiger partial charge on any atom is -0.396 e. The first-order valence-electron chi connectivity index (χ1n) is 4.65. The van der Waals surface area contributed by atoms with Crippen molar-refractivity contribution in [2.75, 3.05) is 5.73 Å². The fourth-order valence-corrected chi connectivity index (χ4v) is 1.39. The molecule has 0 aliphatic carbocycles. The third-order valence-corrected chi connectivity index (χ3v) is 2.17. The smallest absolute Gasteiger partial charge is 0.129 e. The van der Waals surface area contributed by atoms with E-state index in [2.05, 4.69) is 5.10 Å². The van der Waals surface area contributed by atoms with E-state index in [9.17, 15) is 4.39 Å². The van der Waals surface area contributed by atoms with Crippen LogP contribution in [0.4, 0.5) is 10.1 Å². The third-order valence-electron chi connectivity index (χ3n) is 2.17. The number of nitrogens with zero attached hydrogens (tertiary/aromatic N) is 3. The zero-order chi connectivity index (χ0) is 11.5. The number of anilines is 1. The van der Waals surface area contributed by atoms with Crippen LogP contribution in [0, 0.1) is 17.1 Å².